The summed E-state index contributed by atoms with van der Waals surface area (Å²) in [6.45, 7) is 8.74. The Bertz CT molecular complexity index is 2780. The van der Waals surface area contributed by atoms with Gasteiger partial charge in [0.15, 0.2) is 0 Å². The Kier molecular flexibility index (Phi) is 5.20. The van der Waals surface area contributed by atoms with Crippen molar-refractivity contribution in [3.8, 4) is 11.5 Å². The summed E-state index contributed by atoms with van der Waals surface area (Å²) in [7, 11) is 0. The van der Waals surface area contributed by atoms with Crippen LogP contribution in [0.3, 0.4) is 0 Å². The van der Waals surface area contributed by atoms with Crippen molar-refractivity contribution < 1.29 is 4.74 Å². The molecule has 0 aliphatic heterocycles. The first-order valence-electron chi connectivity index (χ1n) is 16.1. The molecule has 6 heterocycles. The molecule has 0 saturated heterocycles. The van der Waals surface area contributed by atoms with E-state index in [4.69, 9.17) is 14.7 Å². The fraction of sp³-hybridized carbons (Fsp3) is 0.0952. The minimum absolute atomic E-state index is 0.787. The van der Waals surface area contributed by atoms with Crippen LogP contribution in [-0.2, 0) is 0 Å². The molecule has 224 valence electrons. The summed E-state index contributed by atoms with van der Waals surface area (Å²) in [6.07, 6.45) is 4.30. The number of ether oxygens (including phenoxy) is 1. The highest BCUT2D eigenvalue weighted by Gasteiger charge is 2.19. The predicted molar refractivity (Wildman–Crippen MR) is 194 cm³/mol. The van der Waals surface area contributed by atoms with E-state index < -0.39 is 0 Å². The molecule has 47 heavy (non-hydrogen) atoms. The van der Waals surface area contributed by atoms with Gasteiger partial charge >= 0.3 is 0 Å². The van der Waals surface area contributed by atoms with Crippen molar-refractivity contribution in [2.45, 2.75) is 27.7 Å². The van der Waals surface area contributed by atoms with E-state index >= 15 is 0 Å². The molecular formula is C42H30N4O. The van der Waals surface area contributed by atoms with E-state index in [-0.39, 0.29) is 0 Å². The highest BCUT2D eigenvalue weighted by atomic mass is 16.5. The Labute approximate surface area is 270 Å². The standard InChI is InChI=1S/C42H30N4O/c1-23-19-27(21-31-39-37(35-15-9-17-45(35)41(23)31)25(3)29-11-5-7-13-33(29)43-39)47-28-20-24(2)42-32(22-28)40-38(36-16-10-18-46(36)42)26(4)30-12-6-8-14-34(30)44-40/h5-22H,1-4H3. The molecule has 0 radical (unpaired) electrons. The van der Waals surface area contributed by atoms with Gasteiger partial charge < -0.3 is 13.5 Å². The highest BCUT2D eigenvalue weighted by Crippen LogP contribution is 2.41. The summed E-state index contributed by atoms with van der Waals surface area (Å²) >= 11 is 0. The van der Waals surface area contributed by atoms with Crippen LogP contribution in [0, 0.1) is 27.7 Å². The summed E-state index contributed by atoms with van der Waals surface area (Å²) in [4.78, 5) is 10.5. The van der Waals surface area contributed by atoms with Crippen molar-refractivity contribution in [3.05, 3.63) is 132 Å². The van der Waals surface area contributed by atoms with Gasteiger partial charge in [0, 0.05) is 44.7 Å². The molecule has 0 atom stereocenters. The molecule has 0 spiro atoms. The van der Waals surface area contributed by atoms with Crippen LogP contribution in [0.15, 0.2) is 109 Å². The lowest BCUT2D eigenvalue weighted by Crippen LogP contribution is -1.99. The molecule has 10 rings (SSSR count). The lowest BCUT2D eigenvalue weighted by molar-refractivity contribution is 0.483. The van der Waals surface area contributed by atoms with Crippen LogP contribution < -0.4 is 4.74 Å². The van der Waals surface area contributed by atoms with Gasteiger partial charge in [0.2, 0.25) is 0 Å². The molecule has 10 aromatic rings. The number of pyridine rings is 4. The number of para-hydroxylation sites is 2. The maximum absolute atomic E-state index is 6.80. The highest BCUT2D eigenvalue weighted by molar-refractivity contribution is 6.17. The van der Waals surface area contributed by atoms with Crippen molar-refractivity contribution in [1.82, 2.24) is 18.8 Å². The maximum atomic E-state index is 6.80. The summed E-state index contributed by atoms with van der Waals surface area (Å²) in [6, 6.07) is 34.1. The largest absolute Gasteiger partial charge is 0.457 e. The fourth-order valence-electron chi connectivity index (χ4n) is 8.08. The third-order valence-corrected chi connectivity index (χ3v) is 10.1. The first-order valence-corrected chi connectivity index (χ1v) is 16.1. The van der Waals surface area contributed by atoms with E-state index in [9.17, 15) is 0 Å². The zero-order valence-electron chi connectivity index (χ0n) is 26.6. The molecule has 0 aliphatic rings. The molecule has 0 N–H and O–H groups in total. The van der Waals surface area contributed by atoms with E-state index in [0.717, 1.165) is 66.5 Å². The Morgan fingerprint density at radius 2 is 0.936 bits per heavy atom. The number of rotatable bonds is 2. The van der Waals surface area contributed by atoms with Crippen molar-refractivity contribution in [2.75, 3.05) is 0 Å². The molecule has 0 fully saturated rings. The number of aromatic nitrogens is 4. The SMILES string of the molecule is Cc1c2ccccc2nc2c3cc(Oc4cc(C)c5c(c4)c4nc6ccccc6c(C)c4c4cccn45)cc(C)c3n3cccc3c12. The van der Waals surface area contributed by atoms with Gasteiger partial charge in [0.05, 0.1) is 44.1 Å². The Hall–Kier alpha value is -5.94. The quantitative estimate of drug-likeness (QED) is 0.145. The van der Waals surface area contributed by atoms with Gasteiger partial charge in [-0.05, 0) is 111 Å². The Morgan fingerprint density at radius 1 is 0.489 bits per heavy atom. The number of benzene rings is 4. The molecule has 0 amide bonds. The fourth-order valence-corrected chi connectivity index (χ4v) is 8.08. The average molecular weight is 607 g/mol. The van der Waals surface area contributed by atoms with Gasteiger partial charge in [-0.1, -0.05) is 36.4 Å². The van der Waals surface area contributed by atoms with E-state index in [1.807, 2.05) is 0 Å². The van der Waals surface area contributed by atoms with Crippen LogP contribution in [0.1, 0.15) is 22.3 Å². The summed E-state index contributed by atoms with van der Waals surface area (Å²) in [5.74, 6) is 1.57. The van der Waals surface area contributed by atoms with Crippen LogP contribution in [-0.4, -0.2) is 18.8 Å². The van der Waals surface area contributed by atoms with Gasteiger partial charge in [0.1, 0.15) is 11.5 Å². The molecular weight excluding hydrogens is 576 g/mol. The van der Waals surface area contributed by atoms with Gasteiger partial charge in [-0.3, -0.25) is 0 Å². The summed E-state index contributed by atoms with van der Waals surface area (Å²) in [5.41, 5.74) is 13.4. The van der Waals surface area contributed by atoms with Crippen LogP contribution in [0.25, 0.3) is 76.5 Å². The predicted octanol–water partition coefficient (Wildman–Crippen LogP) is 10.9. The molecule has 6 aromatic heterocycles. The molecule has 4 aromatic carbocycles. The van der Waals surface area contributed by atoms with Crippen molar-refractivity contribution in [3.63, 3.8) is 0 Å². The van der Waals surface area contributed by atoms with E-state index in [2.05, 4.69) is 146 Å². The van der Waals surface area contributed by atoms with E-state index in [1.165, 1.54) is 43.7 Å². The second-order valence-electron chi connectivity index (χ2n) is 12.9. The topological polar surface area (TPSA) is 43.8 Å². The number of hydrogen-bond donors (Lipinski definition) is 0. The van der Waals surface area contributed by atoms with Crippen LogP contribution in [0.4, 0.5) is 0 Å². The molecule has 0 aliphatic carbocycles. The van der Waals surface area contributed by atoms with Gasteiger partial charge in [-0.2, -0.15) is 0 Å². The lowest BCUT2D eigenvalue weighted by atomic mass is 9.99. The first kappa shape index (κ1) is 26.3. The lowest BCUT2D eigenvalue weighted by Gasteiger charge is -2.17. The Morgan fingerprint density at radius 3 is 1.40 bits per heavy atom. The second kappa shape index (κ2) is 9.30. The Balaban J connectivity index is 1.24. The average Bonchev–Trinajstić information content (AvgIpc) is 3.75. The van der Waals surface area contributed by atoms with E-state index in [1.54, 1.807) is 0 Å². The summed E-state index contributed by atoms with van der Waals surface area (Å²) < 4.78 is 11.4. The maximum Gasteiger partial charge on any atom is 0.128 e. The molecule has 0 saturated carbocycles. The van der Waals surface area contributed by atoms with Crippen molar-refractivity contribution >= 4 is 76.5 Å². The number of fused-ring (bicyclic) bond motifs is 14. The number of hydrogen-bond acceptors (Lipinski definition) is 3. The molecule has 5 nitrogen and oxygen atoms in total. The minimum atomic E-state index is 0.787. The third kappa shape index (κ3) is 3.54. The van der Waals surface area contributed by atoms with Gasteiger partial charge in [0.25, 0.3) is 0 Å². The van der Waals surface area contributed by atoms with Crippen molar-refractivity contribution in [1.29, 1.82) is 0 Å². The van der Waals surface area contributed by atoms with Gasteiger partial charge in [-0.25, -0.2) is 9.97 Å². The first-order chi connectivity index (χ1) is 23.0. The molecule has 0 bridgehead atoms. The second-order valence-corrected chi connectivity index (χ2v) is 12.9. The smallest absolute Gasteiger partial charge is 0.128 e. The van der Waals surface area contributed by atoms with E-state index in [0.29, 0.717) is 0 Å². The third-order valence-electron chi connectivity index (χ3n) is 10.1. The van der Waals surface area contributed by atoms with Crippen LogP contribution in [0.5, 0.6) is 11.5 Å². The van der Waals surface area contributed by atoms with Crippen molar-refractivity contribution in [2.24, 2.45) is 0 Å². The molecule has 5 heteroatoms. The number of aryl methyl sites for hydroxylation is 4. The monoisotopic (exact) mass is 606 g/mol. The zero-order chi connectivity index (χ0) is 31.6. The molecule has 0 unspecified atom stereocenters. The van der Waals surface area contributed by atoms with Gasteiger partial charge in [-0.15, -0.1) is 0 Å². The minimum Gasteiger partial charge on any atom is -0.457 e. The normalized spacial score (nSPS) is 12.3. The van der Waals surface area contributed by atoms with Crippen LogP contribution in [0.2, 0.25) is 0 Å². The summed E-state index contributed by atoms with van der Waals surface area (Å²) in [5, 5.41) is 6.87. The van der Waals surface area contributed by atoms with Crippen LogP contribution >= 0.6 is 0 Å². The zero-order valence-corrected chi connectivity index (χ0v) is 26.6. The number of nitrogens with zero attached hydrogens (tertiary/aromatic N) is 4.